The van der Waals surface area contributed by atoms with Gasteiger partial charge in [0.15, 0.2) is 0 Å². The highest BCUT2D eigenvalue weighted by Crippen LogP contribution is 2.42. The summed E-state index contributed by atoms with van der Waals surface area (Å²) in [6.45, 7) is 0.981. The number of halogens is 1. The largest absolute Gasteiger partial charge is 0.480 e. The first-order chi connectivity index (χ1) is 13.5. The van der Waals surface area contributed by atoms with E-state index in [4.69, 9.17) is 0 Å². The van der Waals surface area contributed by atoms with E-state index in [2.05, 4.69) is 4.98 Å². The van der Waals surface area contributed by atoms with Crippen LogP contribution in [0.4, 0.5) is 4.39 Å². The Balaban J connectivity index is 1.65. The van der Waals surface area contributed by atoms with Gasteiger partial charge in [-0.05, 0) is 31.2 Å². The highest BCUT2D eigenvalue weighted by Gasteiger charge is 2.48. The highest BCUT2D eigenvalue weighted by atomic mass is 19.1. The monoisotopic (exact) mass is 383 g/mol. The molecule has 7 heteroatoms. The Morgan fingerprint density at radius 1 is 1.21 bits per heavy atom. The minimum atomic E-state index is -0.993. The van der Waals surface area contributed by atoms with E-state index in [1.165, 1.54) is 6.07 Å². The molecule has 6 nitrogen and oxygen atoms in total. The number of pyridine rings is 1. The van der Waals surface area contributed by atoms with Gasteiger partial charge in [0.25, 0.3) is 0 Å². The summed E-state index contributed by atoms with van der Waals surface area (Å²) in [5.74, 6) is -2.15. The molecule has 1 N–H and O–H groups in total. The number of hydrogen-bond acceptors (Lipinski definition) is 4. The number of carbonyl (C=O) groups is 2. The molecule has 2 aromatic rings. The summed E-state index contributed by atoms with van der Waals surface area (Å²) < 4.78 is 14.5. The second-order valence-corrected chi connectivity index (χ2v) is 7.45. The third kappa shape index (κ3) is 3.16. The first-order valence-corrected chi connectivity index (χ1v) is 9.38. The number of hydrogen-bond donors (Lipinski definition) is 1. The summed E-state index contributed by atoms with van der Waals surface area (Å²) in [5.41, 5.74) is 2.36. The minimum absolute atomic E-state index is 0.127. The molecule has 0 bridgehead atoms. The summed E-state index contributed by atoms with van der Waals surface area (Å²) in [4.78, 5) is 32.8. The van der Waals surface area contributed by atoms with E-state index in [-0.39, 0.29) is 12.3 Å². The van der Waals surface area contributed by atoms with Crippen molar-refractivity contribution < 1.29 is 19.1 Å². The summed E-state index contributed by atoms with van der Waals surface area (Å²) >= 11 is 0. The van der Waals surface area contributed by atoms with Gasteiger partial charge < -0.3 is 10.0 Å². The van der Waals surface area contributed by atoms with Crippen LogP contribution in [0.25, 0.3) is 0 Å². The maximum Gasteiger partial charge on any atom is 0.320 e. The van der Waals surface area contributed by atoms with Gasteiger partial charge in [0.05, 0.1) is 5.92 Å². The van der Waals surface area contributed by atoms with E-state index in [0.717, 1.165) is 11.3 Å². The maximum absolute atomic E-state index is 14.5. The van der Waals surface area contributed by atoms with Crippen LogP contribution in [0.2, 0.25) is 0 Å². The molecule has 2 aliphatic heterocycles. The first kappa shape index (κ1) is 18.6. The molecule has 4 rings (SSSR count). The van der Waals surface area contributed by atoms with Crippen molar-refractivity contribution in [3.63, 3.8) is 0 Å². The molecule has 0 unspecified atom stereocenters. The fourth-order valence-electron chi connectivity index (χ4n) is 4.46. The lowest BCUT2D eigenvalue weighted by Crippen LogP contribution is -2.41. The molecule has 1 amide bonds. The second-order valence-electron chi connectivity index (χ2n) is 7.45. The van der Waals surface area contributed by atoms with Crippen molar-refractivity contribution in [2.24, 2.45) is 5.92 Å². The molecule has 2 aliphatic rings. The predicted octanol–water partition coefficient (Wildman–Crippen LogP) is 2.25. The summed E-state index contributed by atoms with van der Waals surface area (Å²) in [5, 5.41) is 9.59. The van der Waals surface area contributed by atoms with Crippen LogP contribution in [-0.4, -0.2) is 51.4 Å². The number of carbonyl (C=O) groups excluding carboxylic acids is 1. The standard InChI is InChI=1S/C21H22FN3O3/c1-24-18(21(27)28)11-15(19(24)14-6-2-3-7-16(14)22)20(26)25-10-8-17-13(12-25)5-4-9-23-17/h2-7,9,15,18-19H,8,10-12H2,1H3,(H,27,28)/t15-,18-,19-/m0/s1. The lowest BCUT2D eigenvalue weighted by molar-refractivity contribution is -0.142. The van der Waals surface area contributed by atoms with Crippen LogP contribution >= 0.6 is 0 Å². The van der Waals surface area contributed by atoms with Crippen LogP contribution in [-0.2, 0) is 22.6 Å². The van der Waals surface area contributed by atoms with Gasteiger partial charge in [-0.2, -0.15) is 0 Å². The second kappa shape index (κ2) is 7.31. The Bertz CT molecular complexity index is 919. The third-order valence-corrected chi connectivity index (χ3v) is 5.89. The van der Waals surface area contributed by atoms with Crippen LogP contribution < -0.4 is 0 Å². The quantitative estimate of drug-likeness (QED) is 0.880. The molecule has 1 aromatic carbocycles. The zero-order valence-electron chi connectivity index (χ0n) is 15.6. The number of amides is 1. The number of nitrogens with zero attached hydrogens (tertiary/aromatic N) is 3. The summed E-state index contributed by atoms with van der Waals surface area (Å²) in [6, 6.07) is 8.66. The van der Waals surface area contributed by atoms with E-state index < -0.39 is 29.8 Å². The highest BCUT2D eigenvalue weighted by molar-refractivity contribution is 5.83. The smallest absolute Gasteiger partial charge is 0.320 e. The Labute approximate surface area is 162 Å². The van der Waals surface area contributed by atoms with Crippen molar-refractivity contribution in [1.82, 2.24) is 14.8 Å². The maximum atomic E-state index is 14.5. The van der Waals surface area contributed by atoms with Crippen molar-refractivity contribution in [1.29, 1.82) is 0 Å². The molecule has 1 aromatic heterocycles. The third-order valence-electron chi connectivity index (χ3n) is 5.89. The molecular formula is C21H22FN3O3. The normalized spacial score (nSPS) is 24.8. The average molecular weight is 383 g/mol. The summed E-state index contributed by atoms with van der Waals surface area (Å²) in [7, 11) is 1.65. The molecule has 3 heterocycles. The van der Waals surface area contributed by atoms with Crippen LogP contribution in [0.5, 0.6) is 0 Å². The molecular weight excluding hydrogens is 361 g/mol. The number of carboxylic acid groups (broad SMARTS) is 1. The van der Waals surface area contributed by atoms with Crippen LogP contribution in [0.3, 0.4) is 0 Å². The molecule has 28 heavy (non-hydrogen) atoms. The molecule has 3 atom stereocenters. The first-order valence-electron chi connectivity index (χ1n) is 9.38. The van der Waals surface area contributed by atoms with Gasteiger partial charge in [-0.3, -0.25) is 19.5 Å². The van der Waals surface area contributed by atoms with Gasteiger partial charge in [-0.25, -0.2) is 4.39 Å². The number of carboxylic acids is 1. The average Bonchev–Trinajstić information content (AvgIpc) is 3.04. The zero-order valence-corrected chi connectivity index (χ0v) is 15.6. The fraction of sp³-hybridized carbons (Fsp3) is 0.381. The fourth-order valence-corrected chi connectivity index (χ4v) is 4.46. The summed E-state index contributed by atoms with van der Waals surface area (Å²) in [6.07, 6.45) is 2.57. The van der Waals surface area contributed by atoms with Crippen molar-refractivity contribution in [3.8, 4) is 0 Å². The number of fused-ring (bicyclic) bond motifs is 1. The van der Waals surface area contributed by atoms with Crippen molar-refractivity contribution >= 4 is 11.9 Å². The molecule has 1 fully saturated rings. The van der Waals surface area contributed by atoms with E-state index >= 15 is 0 Å². The van der Waals surface area contributed by atoms with Crippen molar-refractivity contribution in [2.75, 3.05) is 13.6 Å². The van der Waals surface area contributed by atoms with Gasteiger partial charge in [-0.1, -0.05) is 24.3 Å². The topological polar surface area (TPSA) is 73.7 Å². The minimum Gasteiger partial charge on any atom is -0.480 e. The van der Waals surface area contributed by atoms with Gasteiger partial charge >= 0.3 is 5.97 Å². The number of aromatic nitrogens is 1. The van der Waals surface area contributed by atoms with Gasteiger partial charge in [0, 0.05) is 43.0 Å². The number of likely N-dealkylation sites (N-methyl/N-ethyl adjacent to an activating group) is 1. The number of benzene rings is 1. The van der Waals surface area contributed by atoms with Crippen molar-refractivity contribution in [3.05, 3.63) is 65.2 Å². The van der Waals surface area contributed by atoms with E-state index in [1.54, 1.807) is 41.2 Å². The van der Waals surface area contributed by atoms with Gasteiger partial charge in [0.1, 0.15) is 11.9 Å². The zero-order chi connectivity index (χ0) is 19.8. The Morgan fingerprint density at radius 2 is 2.00 bits per heavy atom. The van der Waals surface area contributed by atoms with Crippen molar-refractivity contribution in [2.45, 2.75) is 31.5 Å². The van der Waals surface area contributed by atoms with Gasteiger partial charge in [-0.15, -0.1) is 0 Å². The Hall–Kier alpha value is -2.80. The molecule has 0 aliphatic carbocycles. The molecule has 1 saturated heterocycles. The molecule has 0 radical (unpaired) electrons. The number of likely N-dealkylation sites (tertiary alicyclic amines) is 1. The number of rotatable bonds is 3. The molecule has 0 saturated carbocycles. The lowest BCUT2D eigenvalue weighted by Gasteiger charge is -2.33. The van der Waals surface area contributed by atoms with E-state index in [1.807, 2.05) is 12.1 Å². The predicted molar refractivity (Wildman–Crippen MR) is 99.8 cm³/mol. The SMILES string of the molecule is CN1[C@H](C(=O)O)C[C@H](C(=O)N2CCc3ncccc3C2)[C@@H]1c1ccccc1F. The number of aliphatic carboxylic acids is 1. The van der Waals surface area contributed by atoms with Crippen LogP contribution in [0.15, 0.2) is 42.6 Å². The Morgan fingerprint density at radius 3 is 2.75 bits per heavy atom. The molecule has 146 valence electrons. The van der Waals surface area contributed by atoms with Crippen LogP contribution in [0.1, 0.15) is 29.3 Å². The Kier molecular flexibility index (Phi) is 4.85. The van der Waals surface area contributed by atoms with E-state index in [0.29, 0.717) is 25.1 Å². The van der Waals surface area contributed by atoms with Gasteiger partial charge in [0.2, 0.25) is 5.91 Å². The van der Waals surface area contributed by atoms with Crippen LogP contribution in [0, 0.1) is 11.7 Å². The van der Waals surface area contributed by atoms with E-state index in [9.17, 15) is 19.1 Å². The molecule has 0 spiro atoms. The lowest BCUT2D eigenvalue weighted by atomic mass is 9.90.